The Morgan fingerprint density at radius 1 is 0.676 bits per heavy atom. The number of carbonyl (C=O) groups excluding carboxylic acids is 2. The molecular weight excluding hydrogens is 614 g/mol. The number of nitrogens with zero attached hydrogens (tertiary/aromatic N) is 1. The van der Waals surface area contributed by atoms with Gasteiger partial charge in [-0.25, -0.2) is 0 Å². The van der Waals surface area contributed by atoms with Gasteiger partial charge in [-0.15, -0.1) is 34.0 Å². The maximum Gasteiger partial charge on any atom is 0.263 e. The van der Waals surface area contributed by atoms with Gasteiger partial charge in [0.15, 0.2) is 0 Å². The van der Waals surface area contributed by atoms with Gasteiger partial charge in [0.05, 0.1) is 28.5 Å². The molecule has 34 heavy (non-hydrogen) atoms. The first kappa shape index (κ1) is 26.3. The predicted octanol–water partition coefficient (Wildman–Crippen LogP) is 9.81. The molecule has 182 valence electrons. The first-order chi connectivity index (χ1) is 16.4. The van der Waals surface area contributed by atoms with E-state index in [1.165, 1.54) is 35.3 Å². The maximum atomic E-state index is 13.7. The number of hydrogen-bond acceptors (Lipinski definition) is 5. The first-order valence-corrected chi connectivity index (χ1v) is 16.0. The van der Waals surface area contributed by atoms with Crippen LogP contribution in [0.15, 0.2) is 19.7 Å². The summed E-state index contributed by atoms with van der Waals surface area (Å²) in [5, 5.41) is 0. The average molecular weight is 644 g/mol. The Hall–Kier alpha value is -0.800. The quantitative estimate of drug-likeness (QED) is 0.154. The topological polar surface area (TPSA) is 37.4 Å². The number of imide groups is 1. The molecule has 3 aromatic heterocycles. The molecule has 0 saturated carbocycles. The van der Waals surface area contributed by atoms with Crippen LogP contribution in [-0.4, -0.2) is 23.3 Å². The van der Waals surface area contributed by atoms with Crippen molar-refractivity contribution in [3.05, 3.63) is 42.0 Å². The average Bonchev–Trinajstić information content (AvgIpc) is 3.55. The minimum Gasteiger partial charge on any atom is -0.274 e. The van der Waals surface area contributed by atoms with Gasteiger partial charge in [-0.3, -0.25) is 14.5 Å². The molecule has 0 aromatic carbocycles. The van der Waals surface area contributed by atoms with E-state index in [0.29, 0.717) is 17.7 Å². The molecule has 3 nitrogen and oxygen atoms in total. The van der Waals surface area contributed by atoms with E-state index in [-0.39, 0.29) is 11.8 Å². The number of carbonyl (C=O) groups is 2. The van der Waals surface area contributed by atoms with Gasteiger partial charge < -0.3 is 0 Å². The van der Waals surface area contributed by atoms with Gasteiger partial charge in [0, 0.05) is 16.3 Å². The highest BCUT2D eigenvalue weighted by atomic mass is 79.9. The first-order valence-electron chi connectivity index (χ1n) is 12.0. The number of rotatable bonds is 11. The molecule has 0 radical (unpaired) electrons. The van der Waals surface area contributed by atoms with Crippen molar-refractivity contribution in [2.24, 2.45) is 0 Å². The molecule has 0 atom stereocenters. The Morgan fingerprint density at radius 2 is 1.15 bits per heavy atom. The second kappa shape index (κ2) is 11.5. The summed E-state index contributed by atoms with van der Waals surface area (Å²) in [4.78, 5) is 33.0. The Morgan fingerprint density at radius 3 is 1.62 bits per heavy atom. The second-order valence-corrected chi connectivity index (χ2v) is 14.4. The summed E-state index contributed by atoms with van der Waals surface area (Å²) in [6.07, 6.45) is 8.53. The van der Waals surface area contributed by atoms with E-state index >= 15 is 0 Å². The van der Waals surface area contributed by atoms with E-state index in [4.69, 9.17) is 0 Å². The monoisotopic (exact) mass is 641 g/mol. The highest BCUT2D eigenvalue weighted by Gasteiger charge is 2.43. The summed E-state index contributed by atoms with van der Waals surface area (Å²) in [7, 11) is 0. The molecule has 1 aliphatic heterocycles. The summed E-state index contributed by atoms with van der Waals surface area (Å²) in [6, 6.07) is 4.28. The van der Waals surface area contributed by atoms with Crippen LogP contribution in [0.1, 0.15) is 91.1 Å². The fourth-order valence-electron chi connectivity index (χ4n) is 4.47. The third-order valence-corrected chi connectivity index (χ3v) is 11.2. The van der Waals surface area contributed by atoms with E-state index in [0.717, 1.165) is 59.2 Å². The highest BCUT2D eigenvalue weighted by molar-refractivity contribution is 9.11. The number of thiophene rings is 3. The largest absolute Gasteiger partial charge is 0.274 e. The Labute approximate surface area is 230 Å². The number of fused-ring (bicyclic) bond motifs is 1. The zero-order valence-corrected chi connectivity index (χ0v) is 25.4. The third-order valence-electron chi connectivity index (χ3n) is 6.29. The van der Waals surface area contributed by atoms with Gasteiger partial charge in [0.1, 0.15) is 0 Å². The smallest absolute Gasteiger partial charge is 0.263 e. The lowest BCUT2D eigenvalue weighted by molar-refractivity contribution is 0.0652. The highest BCUT2D eigenvalue weighted by Crippen LogP contribution is 2.52. The number of hydrogen-bond donors (Lipinski definition) is 0. The maximum absolute atomic E-state index is 13.7. The van der Waals surface area contributed by atoms with E-state index in [9.17, 15) is 9.59 Å². The molecule has 0 fully saturated rings. The number of halogens is 2. The Kier molecular flexibility index (Phi) is 8.89. The van der Waals surface area contributed by atoms with Crippen molar-refractivity contribution in [3.63, 3.8) is 0 Å². The third kappa shape index (κ3) is 5.03. The van der Waals surface area contributed by atoms with Crippen LogP contribution < -0.4 is 0 Å². The zero-order chi connectivity index (χ0) is 24.4. The Balaban J connectivity index is 1.75. The van der Waals surface area contributed by atoms with Crippen LogP contribution in [0.2, 0.25) is 0 Å². The number of aryl methyl sites for hydroxylation is 2. The fraction of sp³-hybridized carbons (Fsp3) is 0.462. The summed E-state index contributed by atoms with van der Waals surface area (Å²) >= 11 is 12.2. The van der Waals surface area contributed by atoms with Gasteiger partial charge in [-0.1, -0.05) is 52.9 Å². The van der Waals surface area contributed by atoms with Crippen molar-refractivity contribution >= 4 is 77.7 Å². The zero-order valence-electron chi connectivity index (χ0n) is 19.8. The lowest BCUT2D eigenvalue weighted by Gasteiger charge is -2.15. The van der Waals surface area contributed by atoms with Crippen LogP contribution in [0.4, 0.5) is 0 Å². The molecule has 4 heterocycles. The second-order valence-electron chi connectivity index (χ2n) is 8.56. The van der Waals surface area contributed by atoms with E-state index in [1.54, 1.807) is 34.0 Å². The van der Waals surface area contributed by atoms with Crippen LogP contribution in [0, 0.1) is 0 Å². The van der Waals surface area contributed by atoms with Crippen LogP contribution in [0.3, 0.4) is 0 Å². The minimum absolute atomic E-state index is 0.119. The van der Waals surface area contributed by atoms with Gasteiger partial charge in [-0.2, -0.15) is 0 Å². The molecule has 4 rings (SSSR count). The molecule has 3 aromatic rings. The normalized spacial score (nSPS) is 13.4. The van der Waals surface area contributed by atoms with Gasteiger partial charge in [0.2, 0.25) is 0 Å². The summed E-state index contributed by atoms with van der Waals surface area (Å²) < 4.78 is 2.11. The summed E-state index contributed by atoms with van der Waals surface area (Å²) in [5.74, 6) is -0.238. The van der Waals surface area contributed by atoms with Crippen LogP contribution in [0.5, 0.6) is 0 Å². The fourth-order valence-corrected chi connectivity index (χ4v) is 9.58. The lowest BCUT2D eigenvalue weighted by atomic mass is 10.1. The van der Waals surface area contributed by atoms with Gasteiger partial charge in [-0.05, 0) is 74.4 Å². The SMILES string of the molecule is CCCCCCCCN1C(=O)c2c(-c3sc(Br)cc3CC)sc(-c3sc(Br)cc3CC)c2C1=O. The minimum atomic E-state index is -0.119. The molecule has 0 bridgehead atoms. The molecule has 8 heteroatoms. The van der Waals surface area contributed by atoms with Crippen LogP contribution >= 0.6 is 65.9 Å². The van der Waals surface area contributed by atoms with Crippen molar-refractivity contribution in [1.82, 2.24) is 4.90 Å². The number of amides is 2. The van der Waals surface area contributed by atoms with Crippen molar-refractivity contribution < 1.29 is 9.59 Å². The number of unbranched alkanes of at least 4 members (excludes halogenated alkanes) is 5. The molecule has 0 unspecified atom stereocenters. The van der Waals surface area contributed by atoms with Crippen molar-refractivity contribution in [3.8, 4) is 19.5 Å². The molecule has 0 spiro atoms. The van der Waals surface area contributed by atoms with Gasteiger partial charge in [0.25, 0.3) is 11.8 Å². The van der Waals surface area contributed by atoms with Crippen molar-refractivity contribution in [2.45, 2.75) is 72.1 Å². The molecule has 1 aliphatic rings. The molecule has 0 saturated heterocycles. The van der Waals surface area contributed by atoms with Crippen LogP contribution in [0.25, 0.3) is 19.5 Å². The molecule has 2 amide bonds. The van der Waals surface area contributed by atoms with Crippen molar-refractivity contribution in [2.75, 3.05) is 6.54 Å². The van der Waals surface area contributed by atoms with E-state index in [1.807, 2.05) is 0 Å². The summed E-state index contributed by atoms with van der Waals surface area (Å²) in [5.41, 5.74) is 3.66. The van der Waals surface area contributed by atoms with Gasteiger partial charge >= 0.3 is 0 Å². The molecule has 0 aliphatic carbocycles. The standard InChI is InChI=1S/C26H29Br2NO2S3/c1-4-7-8-9-10-11-12-29-25(30)19-20(26(29)31)24(22-16(6-3)14-18(28)33-22)34-23(19)21-15(5-2)13-17(27)32-21/h13-14H,4-12H2,1-3H3. The van der Waals surface area contributed by atoms with Crippen molar-refractivity contribution in [1.29, 1.82) is 0 Å². The van der Waals surface area contributed by atoms with E-state index < -0.39 is 0 Å². The Bertz CT molecular complexity index is 1120. The van der Waals surface area contributed by atoms with Crippen LogP contribution in [-0.2, 0) is 12.8 Å². The predicted molar refractivity (Wildman–Crippen MR) is 154 cm³/mol. The lowest BCUT2D eigenvalue weighted by Crippen LogP contribution is -2.31. The van der Waals surface area contributed by atoms with E-state index in [2.05, 4.69) is 64.8 Å². The summed E-state index contributed by atoms with van der Waals surface area (Å²) in [6.45, 7) is 6.99. The molecule has 0 N–H and O–H groups in total. The molecular formula is C26H29Br2NO2S3.